The zero-order chi connectivity index (χ0) is 8.84. The molecule has 1 aromatic heterocycles. The van der Waals surface area contributed by atoms with Crippen LogP contribution in [-0.4, -0.2) is 9.55 Å². The minimum absolute atomic E-state index is 0.808. The largest absolute Gasteiger partial charge is 0.335 e. The average molecular weight is 176 g/mol. The summed E-state index contributed by atoms with van der Waals surface area (Å²) in [5.74, 6) is 4.10. The highest BCUT2D eigenvalue weighted by molar-refractivity contribution is 5.15. The lowest BCUT2D eigenvalue weighted by molar-refractivity contribution is 0.399. The zero-order valence-electron chi connectivity index (χ0n) is 8.11. The first kappa shape index (κ1) is 7.60. The van der Waals surface area contributed by atoms with Gasteiger partial charge in [0.25, 0.3) is 0 Å². The van der Waals surface area contributed by atoms with Crippen LogP contribution in [-0.2, 0) is 6.54 Å². The standard InChI is InChI=1S/C11H16N2/c1-2-8-3-5-13-6-4-12-11(13)10-7-9(8)10/h4,6,8-10H,2-3,5,7H2,1H3. The van der Waals surface area contributed by atoms with Gasteiger partial charge in [-0.05, 0) is 24.7 Å². The summed E-state index contributed by atoms with van der Waals surface area (Å²) < 4.78 is 2.36. The Labute approximate surface area is 79.0 Å². The fourth-order valence-electron chi connectivity index (χ4n) is 2.90. The molecular formula is C11H16N2. The first-order chi connectivity index (χ1) is 6.40. The molecule has 1 aliphatic carbocycles. The van der Waals surface area contributed by atoms with Gasteiger partial charge in [0.2, 0.25) is 0 Å². The summed E-state index contributed by atoms with van der Waals surface area (Å²) in [5.41, 5.74) is 0. The molecule has 0 amide bonds. The lowest BCUT2D eigenvalue weighted by Gasteiger charge is -2.11. The summed E-state index contributed by atoms with van der Waals surface area (Å²) in [6, 6.07) is 0. The minimum atomic E-state index is 0.808. The summed E-state index contributed by atoms with van der Waals surface area (Å²) in [5, 5.41) is 0. The van der Waals surface area contributed by atoms with E-state index in [1.807, 2.05) is 6.20 Å². The van der Waals surface area contributed by atoms with Crippen LogP contribution in [0.1, 0.15) is 37.9 Å². The van der Waals surface area contributed by atoms with Gasteiger partial charge in [-0.2, -0.15) is 0 Å². The van der Waals surface area contributed by atoms with Crippen LogP contribution in [0.4, 0.5) is 0 Å². The molecule has 1 aromatic rings. The third-order valence-electron chi connectivity index (χ3n) is 3.79. The molecule has 1 saturated carbocycles. The van der Waals surface area contributed by atoms with Crippen molar-refractivity contribution < 1.29 is 0 Å². The summed E-state index contributed by atoms with van der Waals surface area (Å²) >= 11 is 0. The van der Waals surface area contributed by atoms with Crippen molar-refractivity contribution >= 4 is 0 Å². The maximum atomic E-state index is 4.47. The Balaban J connectivity index is 1.93. The Morgan fingerprint density at radius 1 is 1.62 bits per heavy atom. The Hall–Kier alpha value is -0.790. The normalized spacial score (nSPS) is 36.2. The molecule has 0 aromatic carbocycles. The van der Waals surface area contributed by atoms with Gasteiger partial charge >= 0.3 is 0 Å². The molecule has 0 N–H and O–H groups in total. The molecule has 2 nitrogen and oxygen atoms in total. The van der Waals surface area contributed by atoms with Crippen molar-refractivity contribution in [1.82, 2.24) is 9.55 Å². The number of hydrogen-bond acceptors (Lipinski definition) is 1. The Morgan fingerprint density at radius 3 is 3.38 bits per heavy atom. The molecule has 0 spiro atoms. The molecule has 2 aliphatic rings. The lowest BCUT2D eigenvalue weighted by Crippen LogP contribution is -2.04. The predicted octanol–water partition coefficient (Wildman–Crippen LogP) is 2.42. The molecule has 0 saturated heterocycles. The van der Waals surface area contributed by atoms with Gasteiger partial charge in [0.1, 0.15) is 5.82 Å². The second-order valence-electron chi connectivity index (χ2n) is 4.44. The minimum Gasteiger partial charge on any atom is -0.335 e. The Kier molecular flexibility index (Phi) is 1.52. The van der Waals surface area contributed by atoms with E-state index in [1.165, 1.54) is 31.6 Å². The van der Waals surface area contributed by atoms with Gasteiger partial charge in [0.15, 0.2) is 0 Å². The van der Waals surface area contributed by atoms with E-state index < -0.39 is 0 Å². The van der Waals surface area contributed by atoms with Gasteiger partial charge in [-0.15, -0.1) is 0 Å². The van der Waals surface area contributed by atoms with Crippen LogP contribution in [0.25, 0.3) is 0 Å². The van der Waals surface area contributed by atoms with Crippen molar-refractivity contribution in [3.63, 3.8) is 0 Å². The van der Waals surface area contributed by atoms with E-state index in [0.717, 1.165) is 17.8 Å². The number of fused-ring (bicyclic) bond motifs is 3. The quantitative estimate of drug-likeness (QED) is 0.642. The molecule has 1 aliphatic heterocycles. The van der Waals surface area contributed by atoms with Gasteiger partial charge in [0, 0.05) is 24.9 Å². The number of aromatic nitrogens is 2. The van der Waals surface area contributed by atoms with E-state index in [4.69, 9.17) is 0 Å². The van der Waals surface area contributed by atoms with Crippen molar-refractivity contribution in [2.24, 2.45) is 11.8 Å². The summed E-state index contributed by atoms with van der Waals surface area (Å²) in [6.07, 6.45) is 8.21. The number of rotatable bonds is 1. The maximum Gasteiger partial charge on any atom is 0.112 e. The summed E-state index contributed by atoms with van der Waals surface area (Å²) in [4.78, 5) is 4.47. The number of nitrogens with zero attached hydrogens (tertiary/aromatic N) is 2. The van der Waals surface area contributed by atoms with Crippen LogP contribution < -0.4 is 0 Å². The summed E-state index contributed by atoms with van der Waals surface area (Å²) in [6.45, 7) is 3.52. The third-order valence-corrected chi connectivity index (χ3v) is 3.79. The second kappa shape index (κ2) is 2.60. The van der Waals surface area contributed by atoms with Crippen LogP contribution in [0.3, 0.4) is 0 Å². The van der Waals surface area contributed by atoms with Crippen LogP contribution in [0.15, 0.2) is 12.4 Å². The molecule has 3 rings (SSSR count). The fraction of sp³-hybridized carbons (Fsp3) is 0.727. The van der Waals surface area contributed by atoms with Gasteiger partial charge in [-0.3, -0.25) is 0 Å². The molecule has 3 atom stereocenters. The SMILES string of the molecule is CCC1CCn2ccnc2C2CC12. The van der Waals surface area contributed by atoms with Crippen molar-refractivity contribution in [2.45, 2.75) is 38.6 Å². The van der Waals surface area contributed by atoms with E-state index in [9.17, 15) is 0 Å². The average Bonchev–Trinajstić information content (AvgIpc) is 2.81. The molecule has 0 radical (unpaired) electrons. The van der Waals surface area contributed by atoms with Crippen molar-refractivity contribution in [1.29, 1.82) is 0 Å². The number of hydrogen-bond donors (Lipinski definition) is 0. The molecule has 2 heterocycles. The third kappa shape index (κ3) is 1.04. The first-order valence-electron chi connectivity index (χ1n) is 5.41. The fourth-order valence-corrected chi connectivity index (χ4v) is 2.90. The van der Waals surface area contributed by atoms with E-state index in [0.29, 0.717) is 0 Å². The van der Waals surface area contributed by atoms with Crippen LogP contribution in [0, 0.1) is 11.8 Å². The van der Waals surface area contributed by atoms with Crippen LogP contribution in [0.5, 0.6) is 0 Å². The lowest BCUT2D eigenvalue weighted by atomic mass is 9.96. The van der Waals surface area contributed by atoms with E-state index in [-0.39, 0.29) is 0 Å². The van der Waals surface area contributed by atoms with E-state index in [2.05, 4.69) is 22.7 Å². The molecule has 70 valence electrons. The monoisotopic (exact) mass is 176 g/mol. The molecule has 2 heteroatoms. The van der Waals surface area contributed by atoms with Crippen molar-refractivity contribution in [3.05, 3.63) is 18.2 Å². The zero-order valence-corrected chi connectivity index (χ0v) is 8.11. The predicted molar refractivity (Wildman–Crippen MR) is 51.5 cm³/mol. The van der Waals surface area contributed by atoms with E-state index in [1.54, 1.807) is 0 Å². The van der Waals surface area contributed by atoms with Crippen molar-refractivity contribution in [2.75, 3.05) is 0 Å². The van der Waals surface area contributed by atoms with Gasteiger partial charge in [0.05, 0.1) is 0 Å². The van der Waals surface area contributed by atoms with Gasteiger partial charge in [-0.25, -0.2) is 4.98 Å². The second-order valence-corrected chi connectivity index (χ2v) is 4.44. The first-order valence-corrected chi connectivity index (χ1v) is 5.41. The maximum absolute atomic E-state index is 4.47. The van der Waals surface area contributed by atoms with Crippen molar-refractivity contribution in [3.8, 4) is 0 Å². The Morgan fingerprint density at radius 2 is 2.54 bits per heavy atom. The topological polar surface area (TPSA) is 17.8 Å². The summed E-state index contributed by atoms with van der Waals surface area (Å²) in [7, 11) is 0. The highest BCUT2D eigenvalue weighted by Crippen LogP contribution is 2.54. The van der Waals surface area contributed by atoms with E-state index >= 15 is 0 Å². The molecule has 1 fully saturated rings. The highest BCUT2D eigenvalue weighted by atomic mass is 15.1. The molecule has 3 unspecified atom stereocenters. The smallest absolute Gasteiger partial charge is 0.112 e. The number of imidazole rings is 1. The molecule has 0 bridgehead atoms. The van der Waals surface area contributed by atoms with Crippen LogP contribution >= 0.6 is 0 Å². The molecule has 13 heavy (non-hydrogen) atoms. The number of aryl methyl sites for hydroxylation is 1. The van der Waals surface area contributed by atoms with Crippen LogP contribution in [0.2, 0.25) is 0 Å². The highest BCUT2D eigenvalue weighted by Gasteiger charge is 2.46. The molecular weight excluding hydrogens is 160 g/mol. The Bertz CT molecular complexity index is 316. The van der Waals surface area contributed by atoms with Gasteiger partial charge < -0.3 is 4.57 Å². The van der Waals surface area contributed by atoms with Gasteiger partial charge in [-0.1, -0.05) is 13.3 Å².